The van der Waals surface area contributed by atoms with Gasteiger partial charge in [-0.15, -0.1) is 0 Å². The van der Waals surface area contributed by atoms with E-state index in [1.54, 1.807) is 0 Å². The topological polar surface area (TPSA) is 23.8 Å². The third kappa shape index (κ3) is 2.99. The van der Waals surface area contributed by atoms with Crippen LogP contribution < -0.4 is 0 Å². The molecule has 0 bridgehead atoms. The van der Waals surface area contributed by atoms with E-state index in [1.807, 2.05) is 30.3 Å². The van der Waals surface area contributed by atoms with Gasteiger partial charge in [-0.1, -0.05) is 54.6 Å². The first kappa shape index (κ1) is 12.4. The van der Waals surface area contributed by atoms with Gasteiger partial charge in [0.25, 0.3) is 0 Å². The van der Waals surface area contributed by atoms with Crippen molar-refractivity contribution in [3.63, 3.8) is 0 Å². The van der Waals surface area contributed by atoms with Crippen molar-refractivity contribution in [2.45, 2.75) is 25.7 Å². The standard InChI is InChI=1S/C17H17N/c1-14-7-5-6-8-15(14)11-12-17(13-18)16-9-3-2-4-10-16/h2-10,17H,11-12H2,1H3. The SMILES string of the molecule is Cc1ccccc1CCC(C#N)c1ccccc1. The average molecular weight is 235 g/mol. The molecular formula is C17H17N. The number of rotatable bonds is 4. The van der Waals surface area contributed by atoms with E-state index in [-0.39, 0.29) is 5.92 Å². The fourth-order valence-electron chi connectivity index (χ4n) is 2.18. The van der Waals surface area contributed by atoms with Crippen LogP contribution in [0.2, 0.25) is 0 Å². The second-order valence-corrected chi connectivity index (χ2v) is 4.56. The van der Waals surface area contributed by atoms with E-state index in [1.165, 1.54) is 11.1 Å². The summed E-state index contributed by atoms with van der Waals surface area (Å²) >= 11 is 0. The minimum absolute atomic E-state index is 0.00851. The average Bonchev–Trinajstić information content (AvgIpc) is 2.42. The molecule has 18 heavy (non-hydrogen) atoms. The van der Waals surface area contributed by atoms with Gasteiger partial charge in [-0.2, -0.15) is 5.26 Å². The molecule has 0 amide bonds. The lowest BCUT2D eigenvalue weighted by molar-refractivity contribution is 0.743. The number of benzene rings is 2. The Hall–Kier alpha value is -2.07. The van der Waals surface area contributed by atoms with Gasteiger partial charge in [0.05, 0.1) is 12.0 Å². The summed E-state index contributed by atoms with van der Waals surface area (Å²) in [4.78, 5) is 0. The predicted molar refractivity (Wildman–Crippen MR) is 74.3 cm³/mol. The van der Waals surface area contributed by atoms with Crippen LogP contribution in [0.3, 0.4) is 0 Å². The Balaban J connectivity index is 2.05. The van der Waals surface area contributed by atoms with Crippen molar-refractivity contribution in [2.75, 3.05) is 0 Å². The summed E-state index contributed by atoms with van der Waals surface area (Å²) in [5.74, 6) is -0.00851. The van der Waals surface area contributed by atoms with E-state index in [0.717, 1.165) is 18.4 Å². The minimum Gasteiger partial charge on any atom is -0.198 e. The maximum Gasteiger partial charge on any atom is 0.0715 e. The fourth-order valence-corrected chi connectivity index (χ4v) is 2.18. The maximum atomic E-state index is 9.28. The lowest BCUT2D eigenvalue weighted by Gasteiger charge is -2.10. The molecule has 1 unspecified atom stereocenters. The Morgan fingerprint density at radius 1 is 1.00 bits per heavy atom. The van der Waals surface area contributed by atoms with Crippen LogP contribution in [0, 0.1) is 18.3 Å². The number of hydrogen-bond donors (Lipinski definition) is 0. The van der Waals surface area contributed by atoms with Crippen molar-refractivity contribution in [1.29, 1.82) is 5.26 Å². The van der Waals surface area contributed by atoms with Crippen LogP contribution in [0.15, 0.2) is 54.6 Å². The molecule has 0 aliphatic heterocycles. The predicted octanol–water partition coefficient (Wildman–Crippen LogP) is 4.24. The van der Waals surface area contributed by atoms with Crippen LogP contribution in [0.25, 0.3) is 0 Å². The van der Waals surface area contributed by atoms with Gasteiger partial charge in [0, 0.05) is 0 Å². The van der Waals surface area contributed by atoms with Crippen molar-refractivity contribution >= 4 is 0 Å². The lowest BCUT2D eigenvalue weighted by atomic mass is 9.92. The van der Waals surface area contributed by atoms with E-state index >= 15 is 0 Å². The normalized spacial score (nSPS) is 11.8. The molecule has 2 aromatic carbocycles. The molecule has 0 aliphatic rings. The molecule has 1 nitrogen and oxygen atoms in total. The van der Waals surface area contributed by atoms with Gasteiger partial charge in [-0.25, -0.2) is 0 Å². The third-order valence-electron chi connectivity index (χ3n) is 3.32. The number of aryl methyl sites for hydroxylation is 2. The van der Waals surface area contributed by atoms with Crippen molar-refractivity contribution < 1.29 is 0 Å². The van der Waals surface area contributed by atoms with E-state index in [2.05, 4.69) is 37.3 Å². The minimum atomic E-state index is -0.00851. The number of hydrogen-bond acceptors (Lipinski definition) is 1. The van der Waals surface area contributed by atoms with Gasteiger partial charge in [0.15, 0.2) is 0 Å². The fraction of sp³-hybridized carbons (Fsp3) is 0.235. The smallest absolute Gasteiger partial charge is 0.0715 e. The van der Waals surface area contributed by atoms with Gasteiger partial charge in [0.2, 0.25) is 0 Å². The molecular weight excluding hydrogens is 218 g/mol. The van der Waals surface area contributed by atoms with Crippen molar-refractivity contribution in [2.24, 2.45) is 0 Å². The Labute approximate surface area is 109 Å². The Morgan fingerprint density at radius 3 is 2.33 bits per heavy atom. The molecule has 0 spiro atoms. The van der Waals surface area contributed by atoms with Crippen molar-refractivity contribution in [3.8, 4) is 6.07 Å². The molecule has 0 aliphatic carbocycles. The summed E-state index contributed by atoms with van der Waals surface area (Å²) in [5, 5.41) is 9.28. The van der Waals surface area contributed by atoms with Gasteiger partial charge in [-0.3, -0.25) is 0 Å². The highest BCUT2D eigenvalue weighted by molar-refractivity contribution is 5.28. The molecule has 2 rings (SSSR count). The molecule has 1 atom stereocenters. The highest BCUT2D eigenvalue weighted by atomic mass is 14.3. The molecule has 2 aromatic rings. The zero-order valence-corrected chi connectivity index (χ0v) is 10.6. The first-order valence-electron chi connectivity index (χ1n) is 6.30. The highest BCUT2D eigenvalue weighted by Gasteiger charge is 2.10. The van der Waals surface area contributed by atoms with Gasteiger partial charge < -0.3 is 0 Å². The van der Waals surface area contributed by atoms with Crippen LogP contribution in [0.4, 0.5) is 0 Å². The third-order valence-corrected chi connectivity index (χ3v) is 3.32. The van der Waals surface area contributed by atoms with Crippen LogP contribution in [0.1, 0.15) is 29.0 Å². The monoisotopic (exact) mass is 235 g/mol. The summed E-state index contributed by atoms with van der Waals surface area (Å²) in [6, 6.07) is 20.8. The zero-order valence-electron chi connectivity index (χ0n) is 10.6. The molecule has 1 heteroatoms. The summed E-state index contributed by atoms with van der Waals surface area (Å²) in [7, 11) is 0. The number of nitrogens with zero attached hydrogens (tertiary/aromatic N) is 1. The second-order valence-electron chi connectivity index (χ2n) is 4.56. The molecule has 0 saturated heterocycles. The quantitative estimate of drug-likeness (QED) is 0.777. The molecule has 0 fully saturated rings. The first-order chi connectivity index (χ1) is 8.81. The Bertz CT molecular complexity index is 537. The van der Waals surface area contributed by atoms with Crippen molar-refractivity contribution in [1.82, 2.24) is 0 Å². The van der Waals surface area contributed by atoms with Gasteiger partial charge in [-0.05, 0) is 36.5 Å². The highest BCUT2D eigenvalue weighted by Crippen LogP contribution is 2.21. The zero-order chi connectivity index (χ0) is 12.8. The lowest BCUT2D eigenvalue weighted by Crippen LogP contribution is -1.99. The van der Waals surface area contributed by atoms with Crippen LogP contribution in [0.5, 0.6) is 0 Å². The summed E-state index contributed by atoms with van der Waals surface area (Å²) in [6.07, 6.45) is 1.84. The van der Waals surface area contributed by atoms with Gasteiger partial charge >= 0.3 is 0 Å². The molecule has 0 N–H and O–H groups in total. The summed E-state index contributed by atoms with van der Waals surface area (Å²) in [5.41, 5.74) is 3.77. The van der Waals surface area contributed by atoms with Crippen LogP contribution in [-0.2, 0) is 6.42 Å². The van der Waals surface area contributed by atoms with E-state index in [4.69, 9.17) is 0 Å². The molecule has 0 saturated carbocycles. The largest absolute Gasteiger partial charge is 0.198 e. The summed E-state index contributed by atoms with van der Waals surface area (Å²) in [6.45, 7) is 2.12. The molecule has 0 heterocycles. The first-order valence-corrected chi connectivity index (χ1v) is 6.30. The van der Waals surface area contributed by atoms with Crippen LogP contribution >= 0.6 is 0 Å². The van der Waals surface area contributed by atoms with E-state index < -0.39 is 0 Å². The molecule has 90 valence electrons. The summed E-state index contributed by atoms with van der Waals surface area (Å²) < 4.78 is 0. The van der Waals surface area contributed by atoms with E-state index in [0.29, 0.717) is 0 Å². The Kier molecular flexibility index (Phi) is 4.15. The van der Waals surface area contributed by atoms with E-state index in [9.17, 15) is 5.26 Å². The molecule has 0 aromatic heterocycles. The molecule has 0 radical (unpaired) electrons. The second kappa shape index (κ2) is 6.02. The maximum absolute atomic E-state index is 9.28. The number of nitriles is 1. The van der Waals surface area contributed by atoms with Crippen molar-refractivity contribution in [3.05, 3.63) is 71.3 Å². The van der Waals surface area contributed by atoms with Crippen LogP contribution in [-0.4, -0.2) is 0 Å². The van der Waals surface area contributed by atoms with Gasteiger partial charge in [0.1, 0.15) is 0 Å². The Morgan fingerprint density at radius 2 is 1.67 bits per heavy atom.